The summed E-state index contributed by atoms with van der Waals surface area (Å²) >= 11 is 0. The standard InChI is InChI=1S/C32H35N7O2/c1-36-23(11-12-34-36)18-39-30-24(13-22(15-28(30)41-2)32(40)38-17-21-9-10-26(38)29(21)33)35-31(39)27-14-20-5-3-4-6-25(20)37(27)16-19-7-8-19/h3-6,11-15,19,21,26,29H,7-10,16-18,33H2,1-2H3/t21?,26?,29-/m1/s1. The molecule has 2 saturated carbocycles. The van der Waals surface area contributed by atoms with Gasteiger partial charge in [-0.25, -0.2) is 4.98 Å². The number of rotatable bonds is 7. The topological polar surface area (TPSA) is 96.1 Å². The average molecular weight is 550 g/mol. The van der Waals surface area contributed by atoms with Gasteiger partial charge in [0.1, 0.15) is 11.3 Å². The van der Waals surface area contributed by atoms with Crippen molar-refractivity contribution in [3.8, 4) is 17.3 Å². The molecular weight excluding hydrogens is 514 g/mol. The van der Waals surface area contributed by atoms with Gasteiger partial charge in [-0.3, -0.25) is 9.48 Å². The van der Waals surface area contributed by atoms with Crippen molar-refractivity contribution in [1.82, 2.24) is 28.8 Å². The van der Waals surface area contributed by atoms with Crippen LogP contribution >= 0.6 is 0 Å². The summed E-state index contributed by atoms with van der Waals surface area (Å²) in [6.07, 6.45) is 6.43. The van der Waals surface area contributed by atoms with Crippen LogP contribution in [0.3, 0.4) is 0 Å². The van der Waals surface area contributed by atoms with E-state index in [2.05, 4.69) is 44.6 Å². The molecule has 2 unspecified atom stereocenters. The van der Waals surface area contributed by atoms with Crippen LogP contribution in [-0.2, 0) is 20.1 Å². The van der Waals surface area contributed by atoms with Crippen LogP contribution in [0.2, 0.25) is 0 Å². The Morgan fingerprint density at radius 3 is 2.63 bits per heavy atom. The molecule has 3 fully saturated rings. The van der Waals surface area contributed by atoms with Gasteiger partial charge in [0, 0.05) is 54.9 Å². The summed E-state index contributed by atoms with van der Waals surface area (Å²) in [7, 11) is 3.63. The van der Waals surface area contributed by atoms with Gasteiger partial charge in [-0.15, -0.1) is 0 Å². The van der Waals surface area contributed by atoms with Crippen LogP contribution in [-0.4, -0.2) is 60.4 Å². The lowest BCUT2D eigenvalue weighted by molar-refractivity contribution is 0.0700. The SMILES string of the molecule is COc1cc(C(=O)N2CC3CCC2[C@@H]3N)cc2nc(-c3cc4ccccc4n3CC3CC3)n(Cc3ccnn3C)c12. The highest BCUT2D eigenvalue weighted by Crippen LogP contribution is 2.40. The van der Waals surface area contributed by atoms with Crippen molar-refractivity contribution in [3.05, 3.63) is 66.0 Å². The largest absolute Gasteiger partial charge is 0.494 e. The van der Waals surface area contributed by atoms with Crippen molar-refractivity contribution >= 4 is 27.8 Å². The Balaban J connectivity index is 1.32. The lowest BCUT2D eigenvalue weighted by atomic mass is 10.1. The Bertz CT molecular complexity index is 1810. The summed E-state index contributed by atoms with van der Waals surface area (Å²) in [5.74, 6) is 2.61. The van der Waals surface area contributed by atoms with Crippen molar-refractivity contribution in [1.29, 1.82) is 0 Å². The van der Waals surface area contributed by atoms with Crippen molar-refractivity contribution in [3.63, 3.8) is 0 Å². The predicted octanol–water partition coefficient (Wildman–Crippen LogP) is 4.42. The van der Waals surface area contributed by atoms with Gasteiger partial charge in [0.15, 0.2) is 5.82 Å². The zero-order chi connectivity index (χ0) is 27.8. The Morgan fingerprint density at radius 1 is 1.07 bits per heavy atom. The molecule has 0 radical (unpaired) electrons. The molecule has 2 aliphatic carbocycles. The van der Waals surface area contributed by atoms with Gasteiger partial charge in [-0.2, -0.15) is 5.10 Å². The molecule has 1 amide bonds. The lowest BCUT2D eigenvalue weighted by Crippen LogP contribution is -2.41. The van der Waals surface area contributed by atoms with Gasteiger partial charge in [-0.05, 0) is 67.9 Å². The Morgan fingerprint density at radius 2 is 1.93 bits per heavy atom. The molecule has 41 heavy (non-hydrogen) atoms. The number of methoxy groups -OCH3 is 1. The second kappa shape index (κ2) is 9.21. The van der Waals surface area contributed by atoms with Crippen LogP contribution in [0.5, 0.6) is 5.75 Å². The number of para-hydroxylation sites is 1. The zero-order valence-electron chi connectivity index (χ0n) is 23.5. The summed E-state index contributed by atoms with van der Waals surface area (Å²) in [5, 5.41) is 5.61. The minimum Gasteiger partial charge on any atom is -0.494 e. The molecule has 1 saturated heterocycles. The number of piperidine rings is 1. The zero-order valence-corrected chi connectivity index (χ0v) is 23.5. The van der Waals surface area contributed by atoms with E-state index in [1.54, 1.807) is 7.11 Å². The van der Waals surface area contributed by atoms with E-state index in [1.165, 1.54) is 23.7 Å². The minimum absolute atomic E-state index is 0.0124. The molecule has 1 aliphatic heterocycles. The van der Waals surface area contributed by atoms with Gasteiger partial charge in [0.25, 0.3) is 5.91 Å². The van der Waals surface area contributed by atoms with E-state index in [1.807, 2.05) is 41.0 Å². The lowest BCUT2D eigenvalue weighted by Gasteiger charge is -2.27. The van der Waals surface area contributed by atoms with Gasteiger partial charge in [0.05, 0.1) is 30.6 Å². The van der Waals surface area contributed by atoms with Crippen LogP contribution in [0.15, 0.2) is 54.7 Å². The number of imidazole rings is 1. The number of aryl methyl sites for hydroxylation is 1. The highest BCUT2D eigenvalue weighted by molar-refractivity contribution is 6.00. The van der Waals surface area contributed by atoms with E-state index in [4.69, 9.17) is 15.5 Å². The number of ether oxygens (including phenoxy) is 1. The van der Waals surface area contributed by atoms with E-state index >= 15 is 0 Å². The van der Waals surface area contributed by atoms with Crippen LogP contribution in [0.25, 0.3) is 33.5 Å². The maximum absolute atomic E-state index is 13.8. The molecule has 3 aromatic heterocycles. The molecule has 3 atom stereocenters. The number of carbonyl (C=O) groups is 1. The fourth-order valence-electron chi connectivity index (χ4n) is 7.18. The number of fused-ring (bicyclic) bond motifs is 4. The summed E-state index contributed by atoms with van der Waals surface area (Å²) < 4.78 is 12.5. The minimum atomic E-state index is 0.0124. The van der Waals surface area contributed by atoms with Crippen molar-refractivity contribution < 1.29 is 9.53 Å². The maximum atomic E-state index is 13.8. The number of hydrogen-bond donors (Lipinski definition) is 1. The summed E-state index contributed by atoms with van der Waals surface area (Å²) in [5.41, 5.74) is 12.0. The molecule has 9 nitrogen and oxygen atoms in total. The first-order chi connectivity index (χ1) is 20.0. The highest BCUT2D eigenvalue weighted by atomic mass is 16.5. The van der Waals surface area contributed by atoms with Crippen molar-refractivity contribution in [2.75, 3.05) is 13.7 Å². The third kappa shape index (κ3) is 3.89. The Hall–Kier alpha value is -4.11. The van der Waals surface area contributed by atoms with E-state index in [9.17, 15) is 4.79 Å². The van der Waals surface area contributed by atoms with E-state index < -0.39 is 0 Å². The Kier molecular flexibility index (Phi) is 5.54. The molecule has 5 aromatic rings. The van der Waals surface area contributed by atoms with Gasteiger partial charge in [-0.1, -0.05) is 18.2 Å². The third-order valence-electron chi connectivity index (χ3n) is 9.61. The number of benzene rings is 2. The molecule has 210 valence electrons. The van der Waals surface area contributed by atoms with E-state index in [-0.39, 0.29) is 18.0 Å². The van der Waals surface area contributed by atoms with Gasteiger partial charge in [0.2, 0.25) is 0 Å². The molecule has 3 aliphatic rings. The van der Waals surface area contributed by atoms with Crippen LogP contribution in [0.4, 0.5) is 0 Å². The van der Waals surface area contributed by atoms with Gasteiger partial charge < -0.3 is 24.5 Å². The number of carbonyl (C=O) groups excluding carboxylic acids is 1. The van der Waals surface area contributed by atoms with E-state index in [0.717, 1.165) is 54.2 Å². The first-order valence-electron chi connectivity index (χ1n) is 14.7. The monoisotopic (exact) mass is 549 g/mol. The molecule has 2 N–H and O–H groups in total. The van der Waals surface area contributed by atoms with Crippen molar-refractivity contribution in [2.24, 2.45) is 24.6 Å². The predicted molar refractivity (Wildman–Crippen MR) is 158 cm³/mol. The first kappa shape index (κ1) is 24.7. The quantitative estimate of drug-likeness (QED) is 0.324. The number of amides is 1. The maximum Gasteiger partial charge on any atom is 0.254 e. The van der Waals surface area contributed by atoms with Crippen LogP contribution in [0.1, 0.15) is 41.7 Å². The number of hydrogen-bond acceptors (Lipinski definition) is 5. The second-order valence-electron chi connectivity index (χ2n) is 12.1. The highest BCUT2D eigenvalue weighted by Gasteiger charge is 2.47. The molecule has 4 heterocycles. The number of aromatic nitrogens is 5. The fraction of sp³-hybridized carbons (Fsp3) is 0.406. The molecule has 2 bridgehead atoms. The molecule has 2 aromatic carbocycles. The van der Waals surface area contributed by atoms with E-state index in [0.29, 0.717) is 29.7 Å². The Labute approximate surface area is 238 Å². The second-order valence-corrected chi connectivity index (χ2v) is 12.1. The molecule has 0 spiro atoms. The van der Waals surface area contributed by atoms with Crippen molar-refractivity contribution in [2.45, 2.75) is 50.9 Å². The smallest absolute Gasteiger partial charge is 0.254 e. The number of likely N-dealkylation sites (tertiary alicyclic amines) is 1. The summed E-state index contributed by atoms with van der Waals surface area (Å²) in [4.78, 5) is 21.0. The third-order valence-corrected chi connectivity index (χ3v) is 9.61. The number of nitrogens with zero attached hydrogens (tertiary/aromatic N) is 6. The van der Waals surface area contributed by atoms with Crippen LogP contribution < -0.4 is 10.5 Å². The molecule has 9 heteroatoms. The summed E-state index contributed by atoms with van der Waals surface area (Å²) in [6.45, 7) is 2.27. The average Bonchev–Trinajstić information content (AvgIpc) is 3.24. The number of nitrogens with two attached hydrogens (primary N) is 1. The first-order valence-corrected chi connectivity index (χ1v) is 14.7. The van der Waals surface area contributed by atoms with Gasteiger partial charge >= 0.3 is 0 Å². The normalized spacial score (nSPS) is 21.9. The summed E-state index contributed by atoms with van der Waals surface area (Å²) in [6, 6.07) is 16.8. The molecular formula is C32H35N7O2. The fourth-order valence-corrected chi connectivity index (χ4v) is 7.18. The molecule has 8 rings (SSSR count). The van der Waals surface area contributed by atoms with Crippen LogP contribution in [0, 0.1) is 11.8 Å².